The van der Waals surface area contributed by atoms with Crippen LogP contribution in [0.2, 0.25) is 0 Å². The van der Waals surface area contributed by atoms with E-state index in [-0.39, 0.29) is 17.4 Å². The normalized spacial score (nSPS) is 17.9. The van der Waals surface area contributed by atoms with E-state index in [9.17, 15) is 4.79 Å². The molecule has 1 atom stereocenters. The van der Waals surface area contributed by atoms with E-state index < -0.39 is 0 Å². The summed E-state index contributed by atoms with van der Waals surface area (Å²) >= 11 is 0. The summed E-state index contributed by atoms with van der Waals surface area (Å²) in [5.74, 6) is 1.57. The summed E-state index contributed by atoms with van der Waals surface area (Å²) in [4.78, 5) is 14.8. The Balaban J connectivity index is 2.26. The van der Waals surface area contributed by atoms with Crippen LogP contribution in [0, 0.1) is 5.92 Å². The van der Waals surface area contributed by atoms with E-state index >= 15 is 0 Å². The quantitative estimate of drug-likeness (QED) is 0.837. The summed E-state index contributed by atoms with van der Waals surface area (Å²) in [7, 11) is 3.26. The number of benzene rings is 1. The molecular formula is C18H27NO4. The maximum atomic E-state index is 12.9. The van der Waals surface area contributed by atoms with Gasteiger partial charge in [0.1, 0.15) is 11.5 Å². The molecule has 0 aliphatic carbocycles. The van der Waals surface area contributed by atoms with Crippen molar-refractivity contribution < 1.29 is 19.0 Å². The Morgan fingerprint density at radius 3 is 2.57 bits per heavy atom. The van der Waals surface area contributed by atoms with Crippen molar-refractivity contribution in [3.8, 4) is 11.5 Å². The van der Waals surface area contributed by atoms with E-state index in [0.717, 1.165) is 23.5 Å². The zero-order valence-corrected chi connectivity index (χ0v) is 14.7. The molecule has 1 saturated heterocycles. The zero-order chi connectivity index (χ0) is 17.0. The van der Waals surface area contributed by atoms with Crippen molar-refractivity contribution in [3.63, 3.8) is 0 Å². The first-order chi connectivity index (χ1) is 10.9. The minimum atomic E-state index is -0.273. The second-order valence-corrected chi connectivity index (χ2v) is 6.83. The molecule has 1 amide bonds. The minimum Gasteiger partial charge on any atom is -0.497 e. The molecule has 128 valence electrons. The summed E-state index contributed by atoms with van der Waals surface area (Å²) in [6.45, 7) is 7.85. The Bertz CT molecular complexity index is 544. The fourth-order valence-electron chi connectivity index (χ4n) is 2.75. The maximum Gasteiger partial charge on any atom is 0.228 e. The van der Waals surface area contributed by atoms with Crippen LogP contribution >= 0.6 is 0 Å². The lowest BCUT2D eigenvalue weighted by atomic mass is 9.99. The summed E-state index contributed by atoms with van der Waals surface area (Å²) < 4.78 is 16.1. The van der Waals surface area contributed by atoms with E-state index in [0.29, 0.717) is 19.8 Å². The molecule has 0 aromatic heterocycles. The molecule has 1 aliphatic heterocycles. The standard InChI is InChI=1S/C18H27NO4/c1-18(2,3)19(17(20)14-8-9-23-12-14)11-13-6-7-15(21-4)10-16(13)22-5/h6-7,10,14H,8-9,11-12H2,1-5H3/t14-/m1/s1. The Kier molecular flexibility index (Phi) is 5.52. The van der Waals surface area contributed by atoms with E-state index in [1.807, 2.05) is 23.1 Å². The third-order valence-corrected chi connectivity index (χ3v) is 4.18. The summed E-state index contributed by atoms with van der Waals surface area (Å²) in [5.41, 5.74) is 0.695. The molecule has 1 aromatic rings. The number of nitrogens with zero attached hydrogens (tertiary/aromatic N) is 1. The smallest absolute Gasteiger partial charge is 0.228 e. The molecule has 0 N–H and O–H groups in total. The van der Waals surface area contributed by atoms with Crippen molar-refractivity contribution in [3.05, 3.63) is 23.8 Å². The van der Waals surface area contributed by atoms with Crippen LogP contribution in [0.1, 0.15) is 32.8 Å². The van der Waals surface area contributed by atoms with Crippen LogP contribution in [0.25, 0.3) is 0 Å². The molecule has 1 aliphatic rings. The molecule has 0 bridgehead atoms. The molecule has 2 rings (SSSR count). The summed E-state index contributed by atoms with van der Waals surface area (Å²) in [6.07, 6.45) is 0.797. The second-order valence-electron chi connectivity index (χ2n) is 6.83. The summed E-state index contributed by atoms with van der Waals surface area (Å²) in [5, 5.41) is 0. The van der Waals surface area contributed by atoms with Gasteiger partial charge in [-0.2, -0.15) is 0 Å². The van der Waals surface area contributed by atoms with E-state index in [4.69, 9.17) is 14.2 Å². The summed E-state index contributed by atoms with van der Waals surface area (Å²) in [6, 6.07) is 5.69. The molecule has 1 aromatic carbocycles. The highest BCUT2D eigenvalue weighted by Crippen LogP contribution is 2.29. The fourth-order valence-corrected chi connectivity index (χ4v) is 2.75. The highest BCUT2D eigenvalue weighted by atomic mass is 16.5. The monoisotopic (exact) mass is 321 g/mol. The number of hydrogen-bond acceptors (Lipinski definition) is 4. The van der Waals surface area contributed by atoms with Crippen molar-refractivity contribution in [1.82, 2.24) is 4.90 Å². The Morgan fingerprint density at radius 2 is 2.04 bits per heavy atom. The van der Waals surface area contributed by atoms with Gasteiger partial charge in [-0.05, 0) is 39.3 Å². The molecule has 1 fully saturated rings. The van der Waals surface area contributed by atoms with Crippen LogP contribution in [0.15, 0.2) is 18.2 Å². The predicted octanol–water partition coefficient (Wildman–Crippen LogP) is 2.87. The average molecular weight is 321 g/mol. The van der Waals surface area contributed by atoms with Gasteiger partial charge in [0.15, 0.2) is 0 Å². The van der Waals surface area contributed by atoms with E-state index in [1.165, 1.54) is 0 Å². The van der Waals surface area contributed by atoms with E-state index in [1.54, 1.807) is 14.2 Å². The van der Waals surface area contributed by atoms with Gasteiger partial charge in [0.2, 0.25) is 5.91 Å². The lowest BCUT2D eigenvalue weighted by Gasteiger charge is -2.37. The van der Waals surface area contributed by atoms with Gasteiger partial charge in [-0.1, -0.05) is 0 Å². The van der Waals surface area contributed by atoms with Crippen LogP contribution in [0.4, 0.5) is 0 Å². The number of amides is 1. The van der Waals surface area contributed by atoms with Crippen molar-refractivity contribution in [1.29, 1.82) is 0 Å². The number of carbonyl (C=O) groups is 1. The number of ether oxygens (including phenoxy) is 3. The van der Waals surface area contributed by atoms with Gasteiger partial charge in [-0.25, -0.2) is 0 Å². The van der Waals surface area contributed by atoms with E-state index in [2.05, 4.69) is 20.8 Å². The van der Waals surface area contributed by atoms with Gasteiger partial charge in [-0.3, -0.25) is 4.79 Å². The Morgan fingerprint density at radius 1 is 1.30 bits per heavy atom. The molecule has 0 unspecified atom stereocenters. The molecule has 23 heavy (non-hydrogen) atoms. The first kappa shape index (κ1) is 17.6. The topological polar surface area (TPSA) is 48.0 Å². The highest BCUT2D eigenvalue weighted by Gasteiger charge is 2.34. The third-order valence-electron chi connectivity index (χ3n) is 4.18. The van der Waals surface area contributed by atoms with Crippen LogP contribution in [-0.2, 0) is 16.1 Å². The van der Waals surface area contributed by atoms with Gasteiger partial charge < -0.3 is 19.1 Å². The number of methoxy groups -OCH3 is 2. The molecule has 5 nitrogen and oxygen atoms in total. The predicted molar refractivity (Wildman–Crippen MR) is 88.8 cm³/mol. The van der Waals surface area contributed by atoms with Gasteiger partial charge >= 0.3 is 0 Å². The fraction of sp³-hybridized carbons (Fsp3) is 0.611. The average Bonchev–Trinajstić information content (AvgIpc) is 3.05. The minimum absolute atomic E-state index is 0.0431. The van der Waals surface area contributed by atoms with Crippen LogP contribution < -0.4 is 9.47 Å². The van der Waals surface area contributed by atoms with Crippen LogP contribution in [0.5, 0.6) is 11.5 Å². The van der Waals surface area contributed by atoms with Crippen LogP contribution in [0.3, 0.4) is 0 Å². The molecule has 1 heterocycles. The zero-order valence-electron chi connectivity index (χ0n) is 14.7. The second kappa shape index (κ2) is 7.21. The van der Waals surface area contributed by atoms with Crippen molar-refractivity contribution >= 4 is 5.91 Å². The number of carbonyl (C=O) groups excluding carboxylic acids is 1. The van der Waals surface area contributed by atoms with Gasteiger partial charge in [0, 0.05) is 30.3 Å². The largest absolute Gasteiger partial charge is 0.497 e. The molecule has 0 saturated carbocycles. The molecular weight excluding hydrogens is 294 g/mol. The van der Waals surface area contributed by atoms with Gasteiger partial charge in [0.25, 0.3) is 0 Å². The lowest BCUT2D eigenvalue weighted by Crippen LogP contribution is -2.47. The first-order valence-corrected chi connectivity index (χ1v) is 7.97. The van der Waals surface area contributed by atoms with Crippen molar-refractivity contribution in [2.45, 2.75) is 39.3 Å². The number of rotatable bonds is 5. The molecule has 0 spiro atoms. The SMILES string of the molecule is COc1ccc(CN(C(=O)[C@@H]2CCOC2)C(C)(C)C)c(OC)c1. The van der Waals surface area contributed by atoms with Crippen molar-refractivity contribution in [2.75, 3.05) is 27.4 Å². The lowest BCUT2D eigenvalue weighted by molar-refractivity contribution is -0.141. The molecule has 5 heteroatoms. The highest BCUT2D eigenvalue weighted by molar-refractivity contribution is 5.80. The Labute approximate surface area is 138 Å². The first-order valence-electron chi connectivity index (χ1n) is 7.97. The maximum absolute atomic E-state index is 12.9. The molecule has 0 radical (unpaired) electrons. The van der Waals surface area contributed by atoms with Gasteiger partial charge in [0.05, 0.1) is 26.7 Å². The van der Waals surface area contributed by atoms with Gasteiger partial charge in [-0.15, -0.1) is 0 Å². The third kappa shape index (κ3) is 4.16. The van der Waals surface area contributed by atoms with Crippen molar-refractivity contribution in [2.24, 2.45) is 5.92 Å². The number of hydrogen-bond donors (Lipinski definition) is 0. The Hall–Kier alpha value is -1.75. The van der Waals surface area contributed by atoms with Crippen LogP contribution in [-0.4, -0.2) is 43.8 Å².